The lowest BCUT2D eigenvalue weighted by atomic mass is 9.52. The van der Waals surface area contributed by atoms with Gasteiger partial charge in [0, 0.05) is 31.6 Å². The van der Waals surface area contributed by atoms with Gasteiger partial charge in [-0.3, -0.25) is 19.2 Å². The molecule has 0 amide bonds. The van der Waals surface area contributed by atoms with E-state index in [0.29, 0.717) is 12.0 Å². The van der Waals surface area contributed by atoms with E-state index in [1.165, 1.54) is 20.8 Å². The lowest BCUT2D eigenvalue weighted by Gasteiger charge is -2.57. The summed E-state index contributed by atoms with van der Waals surface area (Å²) >= 11 is 6.76. The number of esters is 4. The minimum Gasteiger partial charge on any atom is -0.462 e. The summed E-state index contributed by atoms with van der Waals surface area (Å²) in [5.41, 5.74) is -5.17. The minimum atomic E-state index is -2.26. The third kappa shape index (κ3) is 4.72. The van der Waals surface area contributed by atoms with Crippen LogP contribution in [0.2, 0.25) is 0 Å². The molecule has 4 rings (SSSR count). The lowest BCUT2D eigenvalue weighted by molar-refractivity contribution is -0.262. The molecule has 224 valence electrons. The summed E-state index contributed by atoms with van der Waals surface area (Å²) in [6, 6.07) is 0. The topological polar surface area (TPSA) is 158 Å². The second kappa shape index (κ2) is 10.6. The predicted molar refractivity (Wildman–Crippen MR) is 139 cm³/mol. The van der Waals surface area contributed by atoms with Crippen LogP contribution in [0.3, 0.4) is 0 Å². The minimum absolute atomic E-state index is 0.0940. The molecule has 0 aromatic rings. The van der Waals surface area contributed by atoms with Gasteiger partial charge in [-0.15, -0.1) is 11.6 Å². The van der Waals surface area contributed by atoms with Crippen molar-refractivity contribution in [1.82, 2.24) is 0 Å². The van der Waals surface area contributed by atoms with E-state index in [0.717, 1.165) is 6.92 Å². The first-order valence-electron chi connectivity index (χ1n) is 13.7. The number of fused-ring (bicyclic) bond motifs is 4. The van der Waals surface area contributed by atoms with Crippen molar-refractivity contribution in [3.8, 4) is 0 Å². The number of hydrogen-bond donors (Lipinski definition) is 2. The fourth-order valence-corrected chi connectivity index (χ4v) is 7.57. The molecule has 4 fully saturated rings. The van der Waals surface area contributed by atoms with E-state index in [9.17, 15) is 29.4 Å². The van der Waals surface area contributed by atoms with Crippen molar-refractivity contribution in [2.75, 3.05) is 0 Å². The van der Waals surface area contributed by atoms with Crippen molar-refractivity contribution in [3.05, 3.63) is 12.2 Å². The molecule has 2 N–H and O–H groups in total. The zero-order valence-electron chi connectivity index (χ0n) is 23.7. The molecule has 12 atom stereocenters. The average Bonchev–Trinajstić information content (AvgIpc) is 3.62. The first-order chi connectivity index (χ1) is 18.5. The van der Waals surface area contributed by atoms with Crippen molar-refractivity contribution in [1.29, 1.82) is 0 Å². The summed E-state index contributed by atoms with van der Waals surface area (Å²) in [6.07, 6.45) is -5.65. The van der Waals surface area contributed by atoms with E-state index >= 15 is 0 Å². The Kier molecular flexibility index (Phi) is 8.12. The third-order valence-corrected chi connectivity index (χ3v) is 9.75. The van der Waals surface area contributed by atoms with Crippen LogP contribution in [0, 0.1) is 17.3 Å². The average molecular weight is 587 g/mol. The maximum absolute atomic E-state index is 13.0. The van der Waals surface area contributed by atoms with E-state index in [1.807, 2.05) is 0 Å². The van der Waals surface area contributed by atoms with E-state index in [4.69, 9.17) is 35.3 Å². The Morgan fingerprint density at radius 3 is 2.27 bits per heavy atom. The van der Waals surface area contributed by atoms with E-state index in [-0.39, 0.29) is 19.3 Å². The molecule has 11 nitrogen and oxygen atoms in total. The number of halogens is 1. The molecule has 2 aliphatic carbocycles. The Morgan fingerprint density at radius 1 is 1.07 bits per heavy atom. The third-order valence-electron chi connectivity index (χ3n) is 9.21. The molecule has 0 aromatic carbocycles. The highest BCUT2D eigenvalue weighted by Crippen LogP contribution is 2.63. The van der Waals surface area contributed by atoms with Gasteiger partial charge in [-0.2, -0.15) is 0 Å². The molecule has 8 unspecified atom stereocenters. The summed E-state index contributed by atoms with van der Waals surface area (Å²) in [5, 5.41) is 23.7. The number of aliphatic hydroxyl groups is 2. The second-order valence-corrected chi connectivity index (χ2v) is 12.4. The first kappa shape index (κ1) is 30.7. The largest absolute Gasteiger partial charge is 0.462 e. The van der Waals surface area contributed by atoms with Gasteiger partial charge in [0.05, 0.1) is 17.4 Å². The van der Waals surface area contributed by atoms with Crippen molar-refractivity contribution in [3.63, 3.8) is 0 Å². The van der Waals surface area contributed by atoms with Crippen LogP contribution in [0.5, 0.6) is 0 Å². The van der Waals surface area contributed by atoms with Gasteiger partial charge in [-0.25, -0.2) is 0 Å². The molecule has 40 heavy (non-hydrogen) atoms. The van der Waals surface area contributed by atoms with Crippen LogP contribution in [-0.2, 0) is 42.9 Å². The second-order valence-electron chi connectivity index (χ2n) is 11.9. The molecular formula is C28H39ClO11. The maximum atomic E-state index is 13.0. The highest BCUT2D eigenvalue weighted by molar-refractivity contribution is 6.23. The molecule has 0 aromatic heterocycles. The molecule has 0 bridgehead atoms. The van der Waals surface area contributed by atoms with Crippen LogP contribution >= 0.6 is 11.6 Å². The number of epoxide rings is 1. The van der Waals surface area contributed by atoms with Gasteiger partial charge in [0.15, 0.2) is 17.8 Å². The molecular weight excluding hydrogens is 548 g/mol. The lowest BCUT2D eigenvalue weighted by Crippen LogP contribution is -2.73. The molecule has 12 heteroatoms. The number of carbonyl (C=O) groups is 4. The van der Waals surface area contributed by atoms with Gasteiger partial charge in [0.1, 0.15) is 23.9 Å². The zero-order valence-corrected chi connectivity index (χ0v) is 24.4. The molecule has 2 saturated carbocycles. The number of alkyl halides is 1. The molecule has 2 heterocycles. The normalized spacial score (nSPS) is 46.2. The standard InChI is InChI=1S/C28H39ClO11/c1-8-9-17(32)38-23-19-22(39-19)26(6)16(36-14(4)30)11-10-12(2)18(29)21-28(35,13(3)25(33)40-21)24(37-15(5)31)20(26)27(23,7)34/h13,16,18-24,34-35H,2,8-11H2,1,3-7H3/t13?,16-,18?,19?,20?,21?,22?,23?,24-,26+,27-,28?/m0/s1. The summed E-state index contributed by atoms with van der Waals surface area (Å²) in [7, 11) is 0. The quantitative estimate of drug-likeness (QED) is 0.159. The van der Waals surface area contributed by atoms with Crippen LogP contribution in [0.4, 0.5) is 0 Å². The first-order valence-corrected chi connectivity index (χ1v) is 14.1. The highest BCUT2D eigenvalue weighted by Gasteiger charge is 2.79. The smallest absolute Gasteiger partial charge is 0.312 e. The van der Waals surface area contributed by atoms with Gasteiger partial charge < -0.3 is 33.9 Å². The van der Waals surface area contributed by atoms with E-state index in [2.05, 4.69) is 6.58 Å². The van der Waals surface area contributed by atoms with Crippen molar-refractivity contribution in [2.45, 2.75) is 120 Å². The molecule has 4 aliphatic rings. The molecule has 0 radical (unpaired) electrons. The Hall–Kier alpha value is -2.21. The van der Waals surface area contributed by atoms with Gasteiger partial charge in [0.25, 0.3) is 0 Å². The SMILES string of the molecule is C=C1CC[C@H](OC(C)=O)[C@@]2(C)C3OC3C(OC(=O)CCC)[C@@](C)(O)C2[C@H](OC(C)=O)C2(O)C(C)C(=O)OC2C1Cl. The Morgan fingerprint density at radius 2 is 1.70 bits per heavy atom. The summed E-state index contributed by atoms with van der Waals surface area (Å²) in [5.74, 6) is -5.30. The Balaban J connectivity index is 1.98. The van der Waals surface area contributed by atoms with Gasteiger partial charge in [0.2, 0.25) is 0 Å². The summed E-state index contributed by atoms with van der Waals surface area (Å²) in [4.78, 5) is 50.6. The molecule has 2 aliphatic heterocycles. The van der Waals surface area contributed by atoms with Crippen LogP contribution in [0.1, 0.15) is 67.2 Å². The van der Waals surface area contributed by atoms with Gasteiger partial charge in [-0.05, 0) is 33.1 Å². The number of hydrogen-bond acceptors (Lipinski definition) is 11. The number of carbonyl (C=O) groups excluding carboxylic acids is 4. The van der Waals surface area contributed by atoms with Crippen molar-refractivity contribution < 1.29 is 53.1 Å². The summed E-state index contributed by atoms with van der Waals surface area (Å²) < 4.78 is 29.0. The molecule has 2 saturated heterocycles. The fraction of sp³-hybridized carbons (Fsp3) is 0.786. The van der Waals surface area contributed by atoms with Gasteiger partial charge >= 0.3 is 23.9 Å². The van der Waals surface area contributed by atoms with E-state index < -0.39 is 94.3 Å². The van der Waals surface area contributed by atoms with Crippen LogP contribution in [-0.4, -0.2) is 87.3 Å². The van der Waals surface area contributed by atoms with Crippen LogP contribution in [0.25, 0.3) is 0 Å². The fourth-order valence-electron chi connectivity index (χ4n) is 7.21. The predicted octanol–water partition coefficient (Wildman–Crippen LogP) is 1.97. The van der Waals surface area contributed by atoms with Crippen LogP contribution in [0.15, 0.2) is 12.2 Å². The monoisotopic (exact) mass is 586 g/mol. The molecule has 0 spiro atoms. The van der Waals surface area contributed by atoms with Gasteiger partial charge in [-0.1, -0.05) is 26.0 Å². The Bertz CT molecular complexity index is 1090. The number of ether oxygens (including phenoxy) is 5. The highest BCUT2D eigenvalue weighted by atomic mass is 35.5. The van der Waals surface area contributed by atoms with Crippen LogP contribution < -0.4 is 0 Å². The van der Waals surface area contributed by atoms with Crippen molar-refractivity contribution >= 4 is 35.5 Å². The zero-order chi connectivity index (χ0) is 29.9. The Labute approximate surface area is 238 Å². The summed E-state index contributed by atoms with van der Waals surface area (Å²) in [6.45, 7) is 12.8. The van der Waals surface area contributed by atoms with Crippen molar-refractivity contribution in [2.24, 2.45) is 17.3 Å². The van der Waals surface area contributed by atoms with E-state index in [1.54, 1.807) is 13.8 Å². The maximum Gasteiger partial charge on any atom is 0.312 e. The number of rotatable bonds is 5.